The number of hydrazine groups is 1. The summed E-state index contributed by atoms with van der Waals surface area (Å²) >= 11 is 0. The van der Waals surface area contributed by atoms with Crippen LogP contribution in [0.5, 0.6) is 0 Å². The largest absolute Gasteiger partial charge is 0.447 e. The highest BCUT2D eigenvalue weighted by Crippen LogP contribution is 2.33. The van der Waals surface area contributed by atoms with Crippen molar-refractivity contribution in [2.75, 3.05) is 18.1 Å². The first-order chi connectivity index (χ1) is 16.2. The van der Waals surface area contributed by atoms with Crippen LogP contribution in [0.4, 0.5) is 15.0 Å². The molecule has 166 valence electrons. The van der Waals surface area contributed by atoms with E-state index in [1.54, 1.807) is 35.1 Å². The van der Waals surface area contributed by atoms with Gasteiger partial charge in [0, 0.05) is 24.3 Å². The minimum Gasteiger partial charge on any atom is -0.447 e. The molecule has 4 aromatic rings. The highest BCUT2D eigenvalue weighted by Gasteiger charge is 2.36. The van der Waals surface area contributed by atoms with E-state index in [0.29, 0.717) is 17.5 Å². The minimum atomic E-state index is -0.482. The van der Waals surface area contributed by atoms with Crippen LogP contribution in [-0.4, -0.2) is 33.8 Å². The van der Waals surface area contributed by atoms with Crippen molar-refractivity contribution in [1.82, 2.24) is 25.4 Å². The molecule has 1 unspecified atom stereocenters. The number of carbonyl (C=O) groups excluding carboxylic acids is 1. The second-order valence-electron chi connectivity index (χ2n) is 8.16. The number of rotatable bonds is 4. The average molecular weight is 444 g/mol. The van der Waals surface area contributed by atoms with Gasteiger partial charge in [0.1, 0.15) is 24.3 Å². The molecule has 4 heterocycles. The number of ether oxygens (including phenoxy) is 1. The maximum atomic E-state index is 13.4. The molecule has 0 spiro atoms. The zero-order chi connectivity index (χ0) is 22.4. The van der Waals surface area contributed by atoms with E-state index < -0.39 is 6.09 Å². The second kappa shape index (κ2) is 7.95. The average Bonchev–Trinajstić information content (AvgIpc) is 3.59. The molecule has 6 rings (SSSR count). The first-order valence-corrected chi connectivity index (χ1v) is 10.8. The zero-order valence-electron chi connectivity index (χ0n) is 17.6. The van der Waals surface area contributed by atoms with Crippen LogP contribution < -0.4 is 15.8 Å². The Labute approximate surface area is 189 Å². The van der Waals surface area contributed by atoms with Gasteiger partial charge in [-0.3, -0.25) is 15.8 Å². The van der Waals surface area contributed by atoms with Crippen LogP contribution in [0.1, 0.15) is 29.6 Å². The number of nitrogens with one attached hydrogen (secondary N) is 2. The number of carbonyl (C=O) groups is 1. The molecule has 2 saturated heterocycles. The summed E-state index contributed by atoms with van der Waals surface area (Å²) in [5.41, 5.74) is 10.9. The summed E-state index contributed by atoms with van der Waals surface area (Å²) in [6.45, 7) is 1.12. The summed E-state index contributed by atoms with van der Waals surface area (Å²) in [7, 11) is 0. The smallest absolute Gasteiger partial charge is 0.416 e. The number of nitrogens with zero attached hydrogens (tertiary/aromatic N) is 4. The lowest BCUT2D eigenvalue weighted by Gasteiger charge is -2.21. The van der Waals surface area contributed by atoms with Crippen LogP contribution >= 0.6 is 0 Å². The second-order valence-corrected chi connectivity index (χ2v) is 8.16. The van der Waals surface area contributed by atoms with Crippen molar-refractivity contribution in [2.45, 2.75) is 18.5 Å². The topological polar surface area (TPSA) is 83.8 Å². The highest BCUT2D eigenvalue weighted by atomic mass is 19.1. The van der Waals surface area contributed by atoms with E-state index in [2.05, 4.69) is 40.2 Å². The molecule has 0 bridgehead atoms. The summed E-state index contributed by atoms with van der Waals surface area (Å²) in [5, 5.41) is 4.42. The maximum absolute atomic E-state index is 13.4. The van der Waals surface area contributed by atoms with Crippen molar-refractivity contribution in [3.8, 4) is 11.1 Å². The number of hydrogen-bond acceptors (Lipinski definition) is 6. The molecule has 2 N–H and O–H groups in total. The summed E-state index contributed by atoms with van der Waals surface area (Å²) in [4.78, 5) is 18.8. The van der Waals surface area contributed by atoms with Gasteiger partial charge < -0.3 is 4.74 Å². The van der Waals surface area contributed by atoms with Crippen LogP contribution in [0.25, 0.3) is 16.8 Å². The molecule has 0 saturated carbocycles. The van der Waals surface area contributed by atoms with Gasteiger partial charge in [-0.15, -0.1) is 0 Å². The number of halogens is 1. The van der Waals surface area contributed by atoms with E-state index in [0.717, 1.165) is 29.7 Å². The molecule has 2 aromatic heterocycles. The number of fused-ring (bicyclic) bond motifs is 1. The van der Waals surface area contributed by atoms with Crippen LogP contribution in [0.3, 0.4) is 0 Å². The van der Waals surface area contributed by atoms with Gasteiger partial charge in [0.2, 0.25) is 0 Å². The number of hydrogen-bond donors (Lipinski definition) is 2. The number of amides is 1. The fraction of sp³-hybridized carbons (Fsp3) is 0.208. The van der Waals surface area contributed by atoms with Crippen molar-refractivity contribution < 1.29 is 13.9 Å². The van der Waals surface area contributed by atoms with Crippen molar-refractivity contribution in [1.29, 1.82) is 0 Å². The standard InChI is InChI=1S/C24H21FN6O2/c25-18-7-5-17(6-8-18)21-14-33-24(32)31(21)22-10-12-30-23(28-22)19(13-27-30)15-1-3-16(4-2-15)20-9-11-26-29-20/h1-8,10,12-13,20-21,26,29H,9,11,14H2/t20?,21-/m1/s1. The van der Waals surface area contributed by atoms with Gasteiger partial charge in [-0.25, -0.2) is 18.7 Å². The zero-order valence-corrected chi connectivity index (χ0v) is 17.6. The van der Waals surface area contributed by atoms with E-state index in [1.807, 2.05) is 0 Å². The fourth-order valence-corrected chi connectivity index (χ4v) is 4.43. The van der Waals surface area contributed by atoms with E-state index >= 15 is 0 Å². The van der Waals surface area contributed by atoms with Crippen molar-refractivity contribution >= 4 is 17.6 Å². The number of benzene rings is 2. The first kappa shape index (κ1) is 19.8. The Hall–Kier alpha value is -3.82. The maximum Gasteiger partial charge on any atom is 0.416 e. The Bertz CT molecular complexity index is 1320. The normalized spacial score (nSPS) is 20.5. The fourth-order valence-electron chi connectivity index (χ4n) is 4.43. The van der Waals surface area contributed by atoms with Gasteiger partial charge in [0.25, 0.3) is 0 Å². The van der Waals surface area contributed by atoms with E-state index in [-0.39, 0.29) is 18.5 Å². The molecule has 8 nitrogen and oxygen atoms in total. The summed E-state index contributed by atoms with van der Waals surface area (Å²) in [6, 6.07) is 16.1. The summed E-state index contributed by atoms with van der Waals surface area (Å²) in [6.07, 6.45) is 4.11. The molecule has 2 atom stereocenters. The van der Waals surface area contributed by atoms with Gasteiger partial charge in [0.15, 0.2) is 5.65 Å². The molecular weight excluding hydrogens is 423 g/mol. The third-order valence-corrected chi connectivity index (χ3v) is 6.19. The monoisotopic (exact) mass is 444 g/mol. The van der Waals surface area contributed by atoms with Crippen LogP contribution in [0.2, 0.25) is 0 Å². The van der Waals surface area contributed by atoms with Gasteiger partial charge in [-0.1, -0.05) is 36.4 Å². The molecule has 2 aliphatic rings. The minimum absolute atomic E-state index is 0.176. The van der Waals surface area contributed by atoms with Crippen molar-refractivity contribution in [3.05, 3.63) is 83.9 Å². The first-order valence-electron chi connectivity index (χ1n) is 10.8. The molecule has 2 fully saturated rings. The highest BCUT2D eigenvalue weighted by molar-refractivity contribution is 5.90. The third kappa shape index (κ3) is 3.51. The molecular formula is C24H21FN6O2. The number of anilines is 1. The van der Waals surface area contributed by atoms with Gasteiger partial charge >= 0.3 is 6.09 Å². The van der Waals surface area contributed by atoms with Crippen LogP contribution in [0.15, 0.2) is 67.0 Å². The van der Waals surface area contributed by atoms with Gasteiger partial charge in [0.05, 0.1) is 6.20 Å². The van der Waals surface area contributed by atoms with Crippen LogP contribution in [0, 0.1) is 5.82 Å². The number of cyclic esters (lactones) is 1. The summed E-state index contributed by atoms with van der Waals surface area (Å²) in [5.74, 6) is 0.129. The van der Waals surface area contributed by atoms with Gasteiger partial charge in [-0.05, 0) is 41.3 Å². The molecule has 2 aliphatic heterocycles. The third-order valence-electron chi connectivity index (χ3n) is 6.19. The lowest BCUT2D eigenvalue weighted by atomic mass is 10.0. The lowest BCUT2D eigenvalue weighted by molar-refractivity contribution is 0.179. The van der Waals surface area contributed by atoms with Crippen molar-refractivity contribution in [3.63, 3.8) is 0 Å². The van der Waals surface area contributed by atoms with E-state index in [1.165, 1.54) is 22.6 Å². The quantitative estimate of drug-likeness (QED) is 0.499. The SMILES string of the molecule is O=C1OC[C@H](c2ccc(F)cc2)N1c1ccn2ncc(-c3ccc(C4CCNN4)cc3)c2n1. The Morgan fingerprint density at radius 2 is 1.82 bits per heavy atom. The Balaban J connectivity index is 1.36. The predicted octanol–water partition coefficient (Wildman–Crippen LogP) is 3.77. The molecule has 0 aliphatic carbocycles. The molecule has 9 heteroatoms. The lowest BCUT2D eigenvalue weighted by Crippen LogP contribution is -2.28. The molecule has 33 heavy (non-hydrogen) atoms. The molecule has 1 amide bonds. The Morgan fingerprint density at radius 3 is 2.58 bits per heavy atom. The molecule has 0 radical (unpaired) electrons. The predicted molar refractivity (Wildman–Crippen MR) is 120 cm³/mol. The Morgan fingerprint density at radius 1 is 1.03 bits per heavy atom. The molecule has 2 aromatic carbocycles. The van der Waals surface area contributed by atoms with E-state index in [4.69, 9.17) is 9.72 Å². The van der Waals surface area contributed by atoms with Gasteiger partial charge in [-0.2, -0.15) is 5.10 Å². The number of aromatic nitrogens is 3. The van der Waals surface area contributed by atoms with Crippen LogP contribution in [-0.2, 0) is 4.74 Å². The summed E-state index contributed by atoms with van der Waals surface area (Å²) < 4.78 is 20.4. The van der Waals surface area contributed by atoms with E-state index in [9.17, 15) is 9.18 Å². The Kier molecular flexibility index (Phi) is 4.78. The van der Waals surface area contributed by atoms with Crippen molar-refractivity contribution in [2.24, 2.45) is 0 Å².